The molecule has 2 aliphatic heterocycles. The van der Waals surface area contributed by atoms with Crippen molar-refractivity contribution < 1.29 is 36.7 Å². The predicted octanol–water partition coefficient (Wildman–Crippen LogP) is 4.05. The molecule has 47 heavy (non-hydrogen) atoms. The highest BCUT2D eigenvalue weighted by atomic mass is 35.5. The topological polar surface area (TPSA) is 147 Å². The molecule has 2 heterocycles. The average Bonchev–Trinajstić information content (AvgIpc) is 3.00. The number of nitrogens with one attached hydrogen (secondary N) is 5. The van der Waals surface area contributed by atoms with Crippen LogP contribution < -0.4 is 26.2 Å². The Morgan fingerprint density at radius 3 is 2.36 bits per heavy atom. The third kappa shape index (κ3) is 7.50. The van der Waals surface area contributed by atoms with E-state index in [0.717, 1.165) is 24.4 Å². The fourth-order valence-corrected chi connectivity index (χ4v) is 5.83. The van der Waals surface area contributed by atoms with E-state index < -0.39 is 46.9 Å². The van der Waals surface area contributed by atoms with E-state index in [1.54, 1.807) is 17.0 Å². The third-order valence-corrected chi connectivity index (χ3v) is 8.84. The molecule has 1 aliphatic carbocycles. The van der Waals surface area contributed by atoms with Crippen molar-refractivity contribution in [1.82, 2.24) is 15.5 Å². The number of piperidine rings is 1. The van der Waals surface area contributed by atoms with E-state index in [1.807, 2.05) is 0 Å². The Morgan fingerprint density at radius 1 is 1.06 bits per heavy atom. The highest BCUT2D eigenvalue weighted by molar-refractivity contribution is 6.33. The zero-order chi connectivity index (χ0) is 33.9. The van der Waals surface area contributed by atoms with E-state index in [1.165, 1.54) is 17.2 Å². The Bertz CT molecular complexity index is 1620. The second-order valence-corrected chi connectivity index (χ2v) is 12.0. The Balaban J connectivity index is 1.17. The lowest BCUT2D eigenvalue weighted by Crippen LogP contribution is -2.58. The zero-order valence-corrected chi connectivity index (χ0v) is 25.7. The number of carbonyl (C=O) groups is 4. The molecule has 1 saturated carbocycles. The molecule has 16 heteroatoms. The summed E-state index contributed by atoms with van der Waals surface area (Å²) in [6.45, 7) is 1.08. The maximum absolute atomic E-state index is 15.1. The minimum absolute atomic E-state index is 0.0135. The molecule has 2 saturated heterocycles. The summed E-state index contributed by atoms with van der Waals surface area (Å²) >= 11 is 6.00. The van der Waals surface area contributed by atoms with Crippen molar-refractivity contribution in [3.8, 4) is 0 Å². The van der Waals surface area contributed by atoms with Gasteiger partial charge in [0.05, 0.1) is 27.5 Å². The molecule has 2 aromatic rings. The molecule has 4 amide bonds. The van der Waals surface area contributed by atoms with Gasteiger partial charge < -0.3 is 31.2 Å². The largest absolute Gasteiger partial charge is 0.416 e. The maximum atomic E-state index is 15.1. The Labute approximate surface area is 272 Å². The van der Waals surface area contributed by atoms with Crippen LogP contribution in [0.3, 0.4) is 0 Å². The number of rotatable bonds is 9. The van der Waals surface area contributed by atoms with Crippen LogP contribution in [-0.4, -0.2) is 72.5 Å². The number of hydrogen-bond acceptors (Lipinski definition) is 8. The quantitative estimate of drug-likeness (QED) is 0.117. The number of benzene rings is 2. The molecule has 3 aliphatic rings. The van der Waals surface area contributed by atoms with Gasteiger partial charge in [-0.15, -0.1) is 0 Å². The molecule has 0 bridgehead atoms. The van der Waals surface area contributed by atoms with Crippen molar-refractivity contribution in [2.24, 2.45) is 0 Å². The van der Waals surface area contributed by atoms with Crippen molar-refractivity contribution in [3.63, 3.8) is 0 Å². The zero-order valence-electron chi connectivity index (χ0n) is 25.0. The lowest BCUT2D eigenvalue weighted by atomic mass is 9.76. The van der Waals surface area contributed by atoms with Gasteiger partial charge in [-0.05, 0) is 62.1 Å². The van der Waals surface area contributed by atoms with Gasteiger partial charge in [-0.25, -0.2) is 4.39 Å². The van der Waals surface area contributed by atoms with Crippen LogP contribution in [0.1, 0.15) is 37.7 Å². The molecule has 3 fully saturated rings. The SMILES string of the molecule is N=C/C(=C\NC1(C(=O)Nc2ccc(C(F)(F)F)cc2Cl)CCC1)C(=O)N1CCN(c2ccc(NC3CCC(=O)NC3=O)cc2F)CC1. The number of anilines is 3. The predicted molar refractivity (Wildman–Crippen MR) is 167 cm³/mol. The Kier molecular flexibility index (Phi) is 9.75. The molecule has 2 aromatic carbocycles. The van der Waals surface area contributed by atoms with Gasteiger partial charge in [-0.2, -0.15) is 13.2 Å². The second-order valence-electron chi connectivity index (χ2n) is 11.6. The lowest BCUT2D eigenvalue weighted by Gasteiger charge is -2.41. The summed E-state index contributed by atoms with van der Waals surface area (Å²) in [5.41, 5.74) is -1.38. The number of halogens is 5. The van der Waals surface area contributed by atoms with Crippen molar-refractivity contribution in [2.75, 3.05) is 41.7 Å². The molecule has 250 valence electrons. The van der Waals surface area contributed by atoms with E-state index in [0.29, 0.717) is 50.1 Å². The second kappa shape index (κ2) is 13.6. The van der Waals surface area contributed by atoms with E-state index >= 15 is 4.39 Å². The summed E-state index contributed by atoms with van der Waals surface area (Å²) in [6, 6.07) is 6.47. The third-order valence-electron chi connectivity index (χ3n) is 8.53. The highest BCUT2D eigenvalue weighted by Crippen LogP contribution is 2.37. The lowest BCUT2D eigenvalue weighted by molar-refractivity contribution is -0.137. The standard InChI is InChI=1S/C31H32ClF4N7O4/c32-21-14-19(31(34,35)36)2-4-23(21)40-29(47)30(8-1-9-30)38-17-18(16-37)28(46)43-12-10-42(11-13-43)25-6-3-20(15-22(25)33)39-24-5-7-26(44)41-27(24)45/h2-4,6,14-17,24,37-39H,1,5,7-13H2,(H,40,47)(H,41,44,45)/b18-17+,37-16?. The molecule has 5 rings (SSSR count). The minimum Gasteiger partial charge on any atom is -0.376 e. The molecule has 0 spiro atoms. The number of imide groups is 1. The van der Waals surface area contributed by atoms with Gasteiger partial charge in [0.2, 0.25) is 17.7 Å². The van der Waals surface area contributed by atoms with Gasteiger partial charge in [0.1, 0.15) is 17.4 Å². The van der Waals surface area contributed by atoms with E-state index in [4.69, 9.17) is 17.0 Å². The summed E-state index contributed by atoms with van der Waals surface area (Å²) < 4.78 is 54.0. The summed E-state index contributed by atoms with van der Waals surface area (Å²) in [4.78, 5) is 53.1. The van der Waals surface area contributed by atoms with Gasteiger partial charge in [0, 0.05) is 50.7 Å². The smallest absolute Gasteiger partial charge is 0.376 e. The molecule has 1 atom stereocenters. The van der Waals surface area contributed by atoms with Crippen LogP contribution in [-0.2, 0) is 25.4 Å². The molecule has 5 N–H and O–H groups in total. The van der Waals surface area contributed by atoms with Crippen LogP contribution >= 0.6 is 11.6 Å². The number of amides is 4. The normalized spacial score (nSPS) is 19.8. The fourth-order valence-electron chi connectivity index (χ4n) is 5.60. The Hall–Kier alpha value is -4.66. The van der Waals surface area contributed by atoms with Crippen LogP contribution in [0.2, 0.25) is 5.02 Å². The maximum Gasteiger partial charge on any atom is 0.416 e. The summed E-state index contributed by atoms with van der Waals surface area (Å²) in [7, 11) is 0. The summed E-state index contributed by atoms with van der Waals surface area (Å²) in [6.07, 6.45) is -0.466. The molecule has 1 unspecified atom stereocenters. The number of alkyl halides is 3. The first-order chi connectivity index (χ1) is 22.3. The summed E-state index contributed by atoms with van der Waals surface area (Å²) in [5.74, 6) is -2.33. The Morgan fingerprint density at radius 2 is 1.79 bits per heavy atom. The van der Waals surface area contributed by atoms with E-state index in [-0.39, 0.29) is 41.7 Å². The van der Waals surface area contributed by atoms with Gasteiger partial charge in [-0.3, -0.25) is 24.5 Å². The average molecular weight is 678 g/mol. The first-order valence-corrected chi connectivity index (χ1v) is 15.3. The van der Waals surface area contributed by atoms with Gasteiger partial charge in [0.25, 0.3) is 5.91 Å². The number of nitrogens with zero attached hydrogens (tertiary/aromatic N) is 2. The summed E-state index contributed by atoms with van der Waals surface area (Å²) in [5, 5.41) is 18.3. The molecule has 0 radical (unpaired) electrons. The molecular formula is C31H32ClF4N7O4. The van der Waals surface area contributed by atoms with Crippen LogP contribution in [0.15, 0.2) is 48.2 Å². The number of piperazine rings is 1. The number of carbonyl (C=O) groups excluding carboxylic acids is 4. The van der Waals surface area contributed by atoms with Crippen molar-refractivity contribution in [2.45, 2.75) is 49.9 Å². The van der Waals surface area contributed by atoms with Crippen LogP contribution in [0.4, 0.5) is 34.6 Å². The van der Waals surface area contributed by atoms with Crippen molar-refractivity contribution in [1.29, 1.82) is 5.41 Å². The van der Waals surface area contributed by atoms with Crippen LogP contribution in [0.5, 0.6) is 0 Å². The van der Waals surface area contributed by atoms with Gasteiger partial charge in [-0.1, -0.05) is 11.6 Å². The van der Waals surface area contributed by atoms with Gasteiger partial charge in [0.15, 0.2) is 0 Å². The highest BCUT2D eigenvalue weighted by Gasteiger charge is 2.44. The number of hydrogen-bond donors (Lipinski definition) is 5. The first-order valence-electron chi connectivity index (χ1n) is 14.9. The van der Waals surface area contributed by atoms with Crippen LogP contribution in [0.25, 0.3) is 0 Å². The van der Waals surface area contributed by atoms with Crippen molar-refractivity contribution >= 4 is 58.5 Å². The minimum atomic E-state index is -4.59. The first kappa shape index (κ1) is 33.7. The van der Waals surface area contributed by atoms with Crippen LogP contribution in [0, 0.1) is 11.2 Å². The molecule has 11 nitrogen and oxygen atoms in total. The van der Waals surface area contributed by atoms with E-state index in [2.05, 4.69) is 21.3 Å². The molecule has 0 aromatic heterocycles. The van der Waals surface area contributed by atoms with Gasteiger partial charge >= 0.3 is 6.18 Å². The fraction of sp³-hybridized carbons (Fsp3) is 0.387. The monoisotopic (exact) mass is 677 g/mol. The van der Waals surface area contributed by atoms with Crippen molar-refractivity contribution in [3.05, 3.63) is 64.6 Å². The van der Waals surface area contributed by atoms with E-state index in [9.17, 15) is 32.3 Å². The molecular weight excluding hydrogens is 646 g/mol.